The van der Waals surface area contributed by atoms with Crippen molar-refractivity contribution in [2.24, 2.45) is 5.73 Å². The molecule has 0 saturated carbocycles. The number of nitrogens with one attached hydrogen (secondary N) is 1. The van der Waals surface area contributed by atoms with Crippen LogP contribution in [0.4, 0.5) is 17.1 Å². The average molecular weight is 283 g/mol. The number of rotatable bonds is 3. The summed E-state index contributed by atoms with van der Waals surface area (Å²) in [7, 11) is 0. The van der Waals surface area contributed by atoms with Gasteiger partial charge < -0.3 is 16.8 Å². The fourth-order valence-corrected chi connectivity index (χ4v) is 2.04. The van der Waals surface area contributed by atoms with E-state index in [-0.39, 0.29) is 5.41 Å². The van der Waals surface area contributed by atoms with Crippen LogP contribution >= 0.6 is 0 Å². The van der Waals surface area contributed by atoms with Crippen LogP contribution in [0.1, 0.15) is 36.7 Å². The Morgan fingerprint density at radius 1 is 1.05 bits per heavy atom. The maximum atomic E-state index is 11.1. The molecule has 0 bridgehead atoms. The Hall–Kier alpha value is -2.49. The lowest BCUT2D eigenvalue weighted by molar-refractivity contribution is 0.100. The first-order chi connectivity index (χ1) is 9.77. The number of carbonyl (C=O) groups is 1. The number of hydrogen-bond donors (Lipinski definition) is 3. The first-order valence-corrected chi connectivity index (χ1v) is 6.84. The third kappa shape index (κ3) is 3.54. The molecule has 0 unspecified atom stereocenters. The van der Waals surface area contributed by atoms with Crippen LogP contribution in [0, 0.1) is 0 Å². The number of anilines is 3. The van der Waals surface area contributed by atoms with E-state index >= 15 is 0 Å². The molecule has 0 atom stereocenters. The zero-order valence-electron chi connectivity index (χ0n) is 12.6. The van der Waals surface area contributed by atoms with Crippen LogP contribution in [-0.4, -0.2) is 5.91 Å². The number of hydrogen-bond acceptors (Lipinski definition) is 3. The smallest absolute Gasteiger partial charge is 0.248 e. The molecule has 0 aliphatic heterocycles. The highest BCUT2D eigenvalue weighted by molar-refractivity contribution is 5.95. The van der Waals surface area contributed by atoms with Crippen molar-refractivity contribution in [1.82, 2.24) is 0 Å². The summed E-state index contributed by atoms with van der Waals surface area (Å²) < 4.78 is 0. The SMILES string of the molecule is CC(C)(C)c1ccc(Nc2ccc(C(N)=O)cc2N)cc1. The molecule has 0 radical (unpaired) electrons. The number of benzene rings is 2. The van der Waals surface area contributed by atoms with Crippen LogP contribution in [0.2, 0.25) is 0 Å². The lowest BCUT2D eigenvalue weighted by Gasteiger charge is -2.19. The van der Waals surface area contributed by atoms with Crippen molar-refractivity contribution < 1.29 is 4.79 Å². The first kappa shape index (κ1) is 14.9. The van der Waals surface area contributed by atoms with E-state index in [0.29, 0.717) is 11.3 Å². The molecule has 1 amide bonds. The van der Waals surface area contributed by atoms with Crippen molar-refractivity contribution in [2.75, 3.05) is 11.1 Å². The van der Waals surface area contributed by atoms with Crippen LogP contribution in [0.5, 0.6) is 0 Å². The van der Waals surface area contributed by atoms with Crippen molar-refractivity contribution >= 4 is 23.0 Å². The molecule has 2 rings (SSSR count). The summed E-state index contributed by atoms with van der Waals surface area (Å²) in [6, 6.07) is 13.2. The number of amides is 1. The molecule has 0 fully saturated rings. The predicted molar refractivity (Wildman–Crippen MR) is 87.8 cm³/mol. The minimum Gasteiger partial charge on any atom is -0.397 e. The Balaban J connectivity index is 2.20. The molecular formula is C17H21N3O. The van der Waals surface area contributed by atoms with Gasteiger partial charge in [-0.1, -0.05) is 32.9 Å². The molecule has 0 aromatic heterocycles. The zero-order valence-corrected chi connectivity index (χ0v) is 12.6. The summed E-state index contributed by atoms with van der Waals surface area (Å²) in [6.07, 6.45) is 0. The molecule has 2 aromatic rings. The Labute approximate surface area is 125 Å². The number of nitrogen functional groups attached to an aromatic ring is 1. The van der Waals surface area contributed by atoms with E-state index in [4.69, 9.17) is 11.5 Å². The van der Waals surface area contributed by atoms with E-state index in [0.717, 1.165) is 11.4 Å². The number of primary amides is 1. The first-order valence-electron chi connectivity index (χ1n) is 6.84. The van der Waals surface area contributed by atoms with Gasteiger partial charge in [-0.2, -0.15) is 0 Å². The minimum absolute atomic E-state index is 0.126. The van der Waals surface area contributed by atoms with Gasteiger partial charge in [-0.15, -0.1) is 0 Å². The zero-order chi connectivity index (χ0) is 15.6. The normalized spacial score (nSPS) is 11.2. The Kier molecular flexibility index (Phi) is 3.89. The van der Waals surface area contributed by atoms with E-state index in [9.17, 15) is 4.79 Å². The molecule has 4 nitrogen and oxygen atoms in total. The fourth-order valence-electron chi connectivity index (χ4n) is 2.04. The Bertz CT molecular complexity index is 655. The number of nitrogens with two attached hydrogens (primary N) is 2. The van der Waals surface area contributed by atoms with Gasteiger partial charge in [-0.25, -0.2) is 0 Å². The van der Waals surface area contributed by atoms with Gasteiger partial charge in [-0.3, -0.25) is 4.79 Å². The van der Waals surface area contributed by atoms with Crippen molar-refractivity contribution in [3.63, 3.8) is 0 Å². The maximum Gasteiger partial charge on any atom is 0.248 e. The lowest BCUT2D eigenvalue weighted by Crippen LogP contribution is -2.11. The van der Waals surface area contributed by atoms with Gasteiger partial charge in [0.15, 0.2) is 0 Å². The lowest BCUT2D eigenvalue weighted by atomic mass is 9.87. The highest BCUT2D eigenvalue weighted by Crippen LogP contribution is 2.27. The van der Waals surface area contributed by atoms with Crippen LogP contribution in [0.15, 0.2) is 42.5 Å². The summed E-state index contributed by atoms with van der Waals surface area (Å²) in [5, 5.41) is 3.24. The van der Waals surface area contributed by atoms with Gasteiger partial charge in [-0.05, 0) is 41.3 Å². The third-order valence-corrected chi connectivity index (χ3v) is 3.37. The molecule has 21 heavy (non-hydrogen) atoms. The summed E-state index contributed by atoms with van der Waals surface area (Å²) >= 11 is 0. The molecule has 5 N–H and O–H groups in total. The van der Waals surface area contributed by atoms with Crippen LogP contribution < -0.4 is 16.8 Å². The third-order valence-electron chi connectivity index (χ3n) is 3.37. The maximum absolute atomic E-state index is 11.1. The van der Waals surface area contributed by atoms with E-state index in [1.54, 1.807) is 18.2 Å². The average Bonchev–Trinajstić information content (AvgIpc) is 2.40. The molecular weight excluding hydrogens is 262 g/mol. The van der Waals surface area contributed by atoms with Crippen molar-refractivity contribution in [1.29, 1.82) is 0 Å². The molecule has 0 aliphatic carbocycles. The highest BCUT2D eigenvalue weighted by atomic mass is 16.1. The van der Waals surface area contributed by atoms with E-state index in [1.165, 1.54) is 5.56 Å². The topological polar surface area (TPSA) is 81.1 Å². The molecule has 110 valence electrons. The summed E-state index contributed by atoms with van der Waals surface area (Å²) in [6.45, 7) is 6.53. The van der Waals surface area contributed by atoms with Gasteiger partial charge in [0.1, 0.15) is 0 Å². The van der Waals surface area contributed by atoms with E-state index < -0.39 is 5.91 Å². The fraction of sp³-hybridized carbons (Fsp3) is 0.235. The minimum atomic E-state index is -0.484. The van der Waals surface area contributed by atoms with Gasteiger partial charge in [0.2, 0.25) is 5.91 Å². The quantitative estimate of drug-likeness (QED) is 0.755. The predicted octanol–water partition coefficient (Wildman–Crippen LogP) is 3.41. The molecule has 0 aliphatic rings. The molecule has 4 heteroatoms. The molecule has 2 aromatic carbocycles. The van der Waals surface area contributed by atoms with Gasteiger partial charge in [0, 0.05) is 11.3 Å². The second-order valence-electron chi connectivity index (χ2n) is 6.12. The summed E-state index contributed by atoms with van der Waals surface area (Å²) in [5.74, 6) is -0.484. The second kappa shape index (κ2) is 5.48. The van der Waals surface area contributed by atoms with Crippen molar-refractivity contribution in [3.8, 4) is 0 Å². The second-order valence-corrected chi connectivity index (χ2v) is 6.12. The Morgan fingerprint density at radius 2 is 1.67 bits per heavy atom. The summed E-state index contributed by atoms with van der Waals surface area (Å²) in [5.41, 5.74) is 15.2. The van der Waals surface area contributed by atoms with Gasteiger partial charge in [0.25, 0.3) is 0 Å². The molecule has 0 saturated heterocycles. The molecule has 0 heterocycles. The van der Waals surface area contributed by atoms with E-state index in [1.807, 2.05) is 12.1 Å². The van der Waals surface area contributed by atoms with Crippen molar-refractivity contribution in [2.45, 2.75) is 26.2 Å². The number of carbonyl (C=O) groups excluding carboxylic acids is 1. The van der Waals surface area contributed by atoms with Crippen LogP contribution in [0.25, 0.3) is 0 Å². The summed E-state index contributed by atoms with van der Waals surface area (Å²) in [4.78, 5) is 11.1. The van der Waals surface area contributed by atoms with E-state index in [2.05, 4.69) is 38.2 Å². The standard InChI is InChI=1S/C17H21N3O/c1-17(2,3)12-5-7-13(8-6-12)20-15-9-4-11(16(19)21)10-14(15)18/h4-10,20H,18H2,1-3H3,(H2,19,21). The Morgan fingerprint density at radius 3 is 2.14 bits per heavy atom. The van der Waals surface area contributed by atoms with Gasteiger partial charge >= 0.3 is 0 Å². The monoisotopic (exact) mass is 283 g/mol. The molecule has 0 spiro atoms. The van der Waals surface area contributed by atoms with Gasteiger partial charge in [0.05, 0.1) is 11.4 Å². The largest absolute Gasteiger partial charge is 0.397 e. The highest BCUT2D eigenvalue weighted by Gasteiger charge is 2.13. The van der Waals surface area contributed by atoms with Crippen LogP contribution in [0.3, 0.4) is 0 Å². The van der Waals surface area contributed by atoms with Crippen molar-refractivity contribution in [3.05, 3.63) is 53.6 Å². The van der Waals surface area contributed by atoms with Crippen LogP contribution in [-0.2, 0) is 5.41 Å².